The normalized spacial score (nSPS) is 23.8. The van der Waals surface area contributed by atoms with Crippen LogP contribution in [0.15, 0.2) is 30.3 Å². The molecule has 3 unspecified atom stereocenters. The van der Waals surface area contributed by atoms with Gasteiger partial charge in [-0.1, -0.05) is 36.8 Å². The monoisotopic (exact) mass is 314 g/mol. The Labute approximate surface area is 128 Å². The van der Waals surface area contributed by atoms with Crippen molar-refractivity contribution in [3.8, 4) is 0 Å². The van der Waals surface area contributed by atoms with Crippen molar-refractivity contribution in [2.45, 2.75) is 50.4 Å². The lowest BCUT2D eigenvalue weighted by Gasteiger charge is -2.31. The number of hydrogen-bond acceptors (Lipinski definition) is 2. The van der Waals surface area contributed by atoms with Gasteiger partial charge in [0.25, 0.3) is 0 Å². The lowest BCUT2D eigenvalue weighted by molar-refractivity contribution is -0.184. The van der Waals surface area contributed by atoms with Crippen LogP contribution >= 0.6 is 0 Å². The molecule has 0 spiro atoms. The molecule has 1 aliphatic carbocycles. The molecule has 2 rings (SSSR count). The van der Waals surface area contributed by atoms with E-state index < -0.39 is 24.2 Å². The van der Waals surface area contributed by atoms with E-state index in [1.165, 1.54) is 0 Å². The summed E-state index contributed by atoms with van der Waals surface area (Å²) in [6.45, 7) is 0. The van der Waals surface area contributed by atoms with Gasteiger partial charge in [-0.3, -0.25) is 4.79 Å². The Morgan fingerprint density at radius 2 is 1.95 bits per heavy atom. The minimum atomic E-state index is -4.18. The second kappa shape index (κ2) is 7.13. The maximum absolute atomic E-state index is 12.8. The van der Waals surface area contributed by atoms with Gasteiger partial charge in [-0.2, -0.15) is 13.2 Å². The number of carbonyl (C=O) groups is 1. The molecule has 0 saturated heterocycles. The van der Waals surface area contributed by atoms with E-state index in [4.69, 9.17) is 5.73 Å². The quantitative estimate of drug-likeness (QED) is 0.898. The summed E-state index contributed by atoms with van der Waals surface area (Å²) in [6.07, 6.45) is -2.66. The molecule has 0 radical (unpaired) electrons. The first-order valence-corrected chi connectivity index (χ1v) is 7.53. The third-order valence-corrected chi connectivity index (χ3v) is 4.12. The van der Waals surface area contributed by atoms with Crippen LogP contribution in [0, 0.1) is 5.92 Å². The van der Waals surface area contributed by atoms with E-state index in [1.807, 2.05) is 30.3 Å². The Kier molecular flexibility index (Phi) is 5.45. The smallest absolute Gasteiger partial charge is 0.352 e. The van der Waals surface area contributed by atoms with Gasteiger partial charge in [0.15, 0.2) is 0 Å². The molecule has 3 nitrogen and oxygen atoms in total. The summed E-state index contributed by atoms with van der Waals surface area (Å²) in [5.41, 5.74) is 6.78. The minimum absolute atomic E-state index is 0.0483. The van der Waals surface area contributed by atoms with Crippen molar-refractivity contribution in [2.75, 3.05) is 0 Å². The van der Waals surface area contributed by atoms with E-state index in [0.717, 1.165) is 5.56 Å². The number of halogens is 3. The zero-order valence-corrected chi connectivity index (χ0v) is 12.3. The number of hydrogen-bond donors (Lipinski definition) is 2. The van der Waals surface area contributed by atoms with Gasteiger partial charge in [0.1, 0.15) is 0 Å². The van der Waals surface area contributed by atoms with Crippen molar-refractivity contribution in [3.05, 3.63) is 35.9 Å². The third kappa shape index (κ3) is 4.73. The molecule has 1 amide bonds. The van der Waals surface area contributed by atoms with Crippen LogP contribution in [0.2, 0.25) is 0 Å². The van der Waals surface area contributed by atoms with Gasteiger partial charge in [0, 0.05) is 6.04 Å². The molecular formula is C16H21F3N2O. The van der Waals surface area contributed by atoms with Crippen LogP contribution in [0.3, 0.4) is 0 Å². The molecule has 0 heterocycles. The van der Waals surface area contributed by atoms with Crippen molar-refractivity contribution in [3.63, 3.8) is 0 Å². The number of amides is 1. The zero-order chi connectivity index (χ0) is 16.2. The number of benzene rings is 1. The van der Waals surface area contributed by atoms with E-state index in [2.05, 4.69) is 5.32 Å². The van der Waals surface area contributed by atoms with Gasteiger partial charge < -0.3 is 11.1 Å². The van der Waals surface area contributed by atoms with E-state index in [0.29, 0.717) is 19.3 Å². The SMILES string of the molecule is NC(Cc1ccccc1)C(=O)NC1CCCC(C(F)(F)F)C1. The maximum Gasteiger partial charge on any atom is 0.391 e. The first kappa shape index (κ1) is 16.8. The number of nitrogens with two attached hydrogens (primary N) is 1. The topological polar surface area (TPSA) is 55.1 Å². The van der Waals surface area contributed by atoms with Gasteiger partial charge in [0.2, 0.25) is 5.91 Å². The van der Waals surface area contributed by atoms with Crippen LogP contribution in [-0.4, -0.2) is 24.2 Å². The highest BCUT2D eigenvalue weighted by Crippen LogP contribution is 2.37. The Hall–Kier alpha value is -1.56. The highest BCUT2D eigenvalue weighted by molar-refractivity contribution is 5.82. The average molecular weight is 314 g/mol. The van der Waals surface area contributed by atoms with Crippen molar-refractivity contribution >= 4 is 5.91 Å². The van der Waals surface area contributed by atoms with Crippen LogP contribution in [0.25, 0.3) is 0 Å². The van der Waals surface area contributed by atoms with Crippen molar-refractivity contribution in [1.82, 2.24) is 5.32 Å². The molecule has 6 heteroatoms. The van der Waals surface area contributed by atoms with Crippen molar-refractivity contribution in [1.29, 1.82) is 0 Å². The minimum Gasteiger partial charge on any atom is -0.352 e. The molecule has 0 aliphatic heterocycles. The fourth-order valence-electron chi connectivity index (χ4n) is 2.89. The molecule has 1 aromatic rings. The number of nitrogens with one attached hydrogen (secondary N) is 1. The zero-order valence-electron chi connectivity index (χ0n) is 12.3. The predicted molar refractivity (Wildman–Crippen MR) is 78.1 cm³/mol. The van der Waals surface area contributed by atoms with E-state index in [1.54, 1.807) is 0 Å². The lowest BCUT2D eigenvalue weighted by Crippen LogP contribution is -2.48. The fraction of sp³-hybridized carbons (Fsp3) is 0.562. The molecule has 0 aromatic heterocycles. The summed E-state index contributed by atoms with van der Waals surface area (Å²) in [4.78, 5) is 12.1. The summed E-state index contributed by atoms with van der Waals surface area (Å²) >= 11 is 0. The third-order valence-electron chi connectivity index (χ3n) is 4.12. The largest absolute Gasteiger partial charge is 0.391 e. The van der Waals surface area contributed by atoms with Crippen LogP contribution in [0.1, 0.15) is 31.2 Å². The van der Waals surface area contributed by atoms with Gasteiger partial charge >= 0.3 is 6.18 Å². The second-order valence-electron chi connectivity index (χ2n) is 5.91. The molecule has 1 aliphatic rings. The molecule has 22 heavy (non-hydrogen) atoms. The summed E-state index contributed by atoms with van der Waals surface area (Å²) < 4.78 is 38.3. The molecule has 122 valence electrons. The average Bonchev–Trinajstić information content (AvgIpc) is 2.47. The first-order chi connectivity index (χ1) is 10.4. The Morgan fingerprint density at radius 3 is 2.59 bits per heavy atom. The fourth-order valence-corrected chi connectivity index (χ4v) is 2.89. The predicted octanol–water partition coefficient (Wildman–Crippen LogP) is 2.79. The van der Waals surface area contributed by atoms with Crippen molar-refractivity contribution in [2.24, 2.45) is 11.7 Å². The highest BCUT2D eigenvalue weighted by atomic mass is 19.4. The number of alkyl halides is 3. The summed E-state index contributed by atoms with van der Waals surface area (Å²) in [5.74, 6) is -1.70. The molecule has 3 N–H and O–H groups in total. The van der Waals surface area contributed by atoms with Crippen molar-refractivity contribution < 1.29 is 18.0 Å². The van der Waals surface area contributed by atoms with E-state index >= 15 is 0 Å². The second-order valence-corrected chi connectivity index (χ2v) is 5.91. The van der Waals surface area contributed by atoms with E-state index in [-0.39, 0.29) is 18.7 Å². The number of rotatable bonds is 4. The first-order valence-electron chi connectivity index (χ1n) is 7.53. The van der Waals surface area contributed by atoms with Crippen LogP contribution in [0.4, 0.5) is 13.2 Å². The van der Waals surface area contributed by atoms with Gasteiger partial charge in [-0.15, -0.1) is 0 Å². The van der Waals surface area contributed by atoms with Gasteiger partial charge in [0.05, 0.1) is 12.0 Å². The molecule has 0 bridgehead atoms. The maximum atomic E-state index is 12.8. The Bertz CT molecular complexity index is 490. The van der Waals surface area contributed by atoms with Crippen LogP contribution in [-0.2, 0) is 11.2 Å². The summed E-state index contributed by atoms with van der Waals surface area (Å²) in [6, 6.07) is 8.14. The van der Waals surface area contributed by atoms with E-state index in [9.17, 15) is 18.0 Å². The van der Waals surface area contributed by atoms with Crippen LogP contribution < -0.4 is 11.1 Å². The lowest BCUT2D eigenvalue weighted by atomic mass is 9.85. The molecule has 1 fully saturated rings. The highest BCUT2D eigenvalue weighted by Gasteiger charge is 2.42. The standard InChI is InChI=1S/C16H21F3N2O/c17-16(18,19)12-7-4-8-13(10-12)21-15(22)14(20)9-11-5-2-1-3-6-11/h1-3,5-6,12-14H,4,7-10,20H2,(H,21,22). The van der Waals surface area contributed by atoms with Crippen LogP contribution in [0.5, 0.6) is 0 Å². The molecule has 1 aromatic carbocycles. The molecular weight excluding hydrogens is 293 g/mol. The number of carbonyl (C=O) groups excluding carboxylic acids is 1. The van der Waals surface area contributed by atoms with Gasteiger partial charge in [-0.05, 0) is 31.2 Å². The Balaban J connectivity index is 1.86. The molecule has 3 atom stereocenters. The van der Waals surface area contributed by atoms with Gasteiger partial charge in [-0.25, -0.2) is 0 Å². The summed E-state index contributed by atoms with van der Waals surface area (Å²) in [7, 11) is 0. The summed E-state index contributed by atoms with van der Waals surface area (Å²) in [5, 5.41) is 2.68. The Morgan fingerprint density at radius 1 is 1.27 bits per heavy atom. The molecule has 1 saturated carbocycles.